The molecule has 2 rings (SSSR count). The summed E-state index contributed by atoms with van der Waals surface area (Å²) in [4.78, 5) is 11.0. The molecule has 1 aromatic heterocycles. The van der Waals surface area contributed by atoms with Crippen molar-refractivity contribution in [2.75, 3.05) is 13.2 Å². The number of aromatic nitrogens is 3. The Morgan fingerprint density at radius 2 is 2.14 bits per heavy atom. The third-order valence-electron chi connectivity index (χ3n) is 1.61. The number of carboxylic acid groups (broad SMARTS) is 1. The molecule has 1 N–H and O–H groups in total. The van der Waals surface area contributed by atoms with Crippen molar-refractivity contribution in [1.29, 1.82) is 0 Å². The van der Waals surface area contributed by atoms with Crippen molar-refractivity contribution >= 4 is 17.7 Å². The van der Waals surface area contributed by atoms with E-state index < -0.39 is 12.4 Å². The quantitative estimate of drug-likeness (QED) is 0.740. The van der Waals surface area contributed by atoms with Crippen LogP contribution in [0.5, 0.6) is 0 Å². The lowest BCUT2D eigenvalue weighted by Gasteiger charge is -2.03. The Morgan fingerprint density at radius 3 is 2.64 bits per heavy atom. The van der Waals surface area contributed by atoms with Gasteiger partial charge in [-0.2, -0.15) is 0 Å². The highest BCUT2D eigenvalue weighted by atomic mass is 35.5. The molecule has 1 saturated heterocycles. The van der Waals surface area contributed by atoms with Crippen LogP contribution in [0, 0.1) is 0 Å². The zero-order valence-corrected chi connectivity index (χ0v) is 7.64. The molecule has 1 aliphatic rings. The molecule has 0 unspecified atom stereocenters. The van der Waals surface area contributed by atoms with E-state index in [0.717, 1.165) is 0 Å². The van der Waals surface area contributed by atoms with E-state index in [1.54, 1.807) is 0 Å². The van der Waals surface area contributed by atoms with Crippen LogP contribution in [-0.4, -0.2) is 39.4 Å². The summed E-state index contributed by atoms with van der Waals surface area (Å²) in [6.07, 6.45) is -2.02. The molecule has 1 fully saturated rings. The monoisotopic (exact) mass is 219 g/mol. The summed E-state index contributed by atoms with van der Waals surface area (Å²) in [5.74, 6) is 0. The fourth-order valence-electron chi connectivity index (χ4n) is 1.05. The average molecular weight is 220 g/mol. The maximum Gasteiger partial charge on any atom is 0.449 e. The number of nitrogens with zero attached hydrogens (tertiary/aromatic N) is 3. The summed E-state index contributed by atoms with van der Waals surface area (Å²) < 4.78 is 10.2. The molecule has 0 spiro atoms. The second-order valence-electron chi connectivity index (χ2n) is 2.52. The van der Waals surface area contributed by atoms with Gasteiger partial charge in [-0.05, 0) is 0 Å². The Kier molecular flexibility index (Phi) is 2.36. The van der Waals surface area contributed by atoms with Gasteiger partial charge in [0.25, 0.3) is 0 Å². The molecule has 2 heterocycles. The molecule has 8 heteroatoms. The van der Waals surface area contributed by atoms with Crippen molar-refractivity contribution in [2.24, 2.45) is 0 Å². The standard InChI is InChI=1S/C6H6ClN3O4/c7-4-3(5-13-1-2-14-5)8-10(9-4)6(11)12/h5H,1-2H2,(H,11,12). The molecular weight excluding hydrogens is 214 g/mol. The normalized spacial score (nSPS) is 17.5. The average Bonchev–Trinajstić information content (AvgIpc) is 2.71. The topological polar surface area (TPSA) is 86.5 Å². The first-order valence-electron chi connectivity index (χ1n) is 3.77. The van der Waals surface area contributed by atoms with Crippen LogP contribution in [0.2, 0.25) is 5.15 Å². The minimum atomic E-state index is -1.31. The largest absolute Gasteiger partial charge is 0.462 e. The summed E-state index contributed by atoms with van der Waals surface area (Å²) in [5.41, 5.74) is 0.187. The summed E-state index contributed by atoms with van der Waals surface area (Å²) in [6, 6.07) is 0. The fourth-order valence-corrected chi connectivity index (χ4v) is 1.24. The maximum absolute atomic E-state index is 10.5. The van der Waals surface area contributed by atoms with Gasteiger partial charge in [-0.25, -0.2) is 4.79 Å². The van der Waals surface area contributed by atoms with E-state index in [9.17, 15) is 4.79 Å². The molecule has 0 atom stereocenters. The number of hydrogen-bond donors (Lipinski definition) is 1. The lowest BCUT2D eigenvalue weighted by atomic mass is 10.5. The molecule has 0 saturated carbocycles. The van der Waals surface area contributed by atoms with Crippen LogP contribution in [0.4, 0.5) is 4.79 Å². The minimum Gasteiger partial charge on any atom is -0.462 e. The van der Waals surface area contributed by atoms with E-state index in [2.05, 4.69) is 10.2 Å². The molecule has 0 aromatic carbocycles. The number of carbonyl (C=O) groups is 1. The van der Waals surface area contributed by atoms with Crippen LogP contribution < -0.4 is 0 Å². The molecular formula is C6H6ClN3O4. The zero-order valence-electron chi connectivity index (χ0n) is 6.88. The van der Waals surface area contributed by atoms with Gasteiger partial charge in [0.2, 0.25) is 6.29 Å². The van der Waals surface area contributed by atoms with Crippen molar-refractivity contribution in [1.82, 2.24) is 15.0 Å². The Hall–Kier alpha value is -1.18. The molecule has 0 radical (unpaired) electrons. The van der Waals surface area contributed by atoms with E-state index in [1.807, 2.05) is 0 Å². The lowest BCUT2D eigenvalue weighted by Crippen LogP contribution is -2.12. The Labute approximate surface area is 83.2 Å². The van der Waals surface area contributed by atoms with Gasteiger partial charge in [0, 0.05) is 0 Å². The van der Waals surface area contributed by atoms with Crippen LogP contribution >= 0.6 is 11.6 Å². The predicted molar refractivity (Wildman–Crippen MR) is 43.1 cm³/mol. The predicted octanol–water partition coefficient (Wildman–Crippen LogP) is 0.503. The molecule has 0 amide bonds. The number of rotatable bonds is 1. The number of halogens is 1. The summed E-state index contributed by atoms with van der Waals surface area (Å²) >= 11 is 5.65. The van der Waals surface area contributed by atoms with Gasteiger partial charge in [0.15, 0.2) is 10.8 Å². The van der Waals surface area contributed by atoms with E-state index >= 15 is 0 Å². The van der Waals surface area contributed by atoms with E-state index in [4.69, 9.17) is 26.2 Å². The summed E-state index contributed by atoms with van der Waals surface area (Å²) in [6.45, 7) is 0.863. The van der Waals surface area contributed by atoms with Crippen LogP contribution in [0.15, 0.2) is 0 Å². The van der Waals surface area contributed by atoms with Gasteiger partial charge in [0.05, 0.1) is 13.2 Å². The molecule has 1 aromatic rings. The van der Waals surface area contributed by atoms with Gasteiger partial charge in [-0.3, -0.25) is 0 Å². The maximum atomic E-state index is 10.5. The van der Waals surface area contributed by atoms with E-state index in [0.29, 0.717) is 18.0 Å². The molecule has 76 valence electrons. The van der Waals surface area contributed by atoms with Crippen LogP contribution in [0.1, 0.15) is 12.0 Å². The molecule has 0 aliphatic carbocycles. The van der Waals surface area contributed by atoms with E-state index in [1.165, 1.54) is 0 Å². The summed E-state index contributed by atoms with van der Waals surface area (Å²) in [5, 5.41) is 15.6. The molecule has 1 aliphatic heterocycles. The Balaban J connectivity index is 2.28. The fraction of sp³-hybridized carbons (Fsp3) is 0.500. The van der Waals surface area contributed by atoms with Crippen molar-refractivity contribution in [2.45, 2.75) is 6.29 Å². The SMILES string of the molecule is O=C(O)n1nc(Cl)c(C2OCCO2)n1. The van der Waals surface area contributed by atoms with Crippen LogP contribution in [0.3, 0.4) is 0 Å². The highest BCUT2D eigenvalue weighted by Crippen LogP contribution is 2.26. The van der Waals surface area contributed by atoms with Gasteiger partial charge >= 0.3 is 6.09 Å². The van der Waals surface area contributed by atoms with Crippen molar-refractivity contribution in [3.05, 3.63) is 10.8 Å². The van der Waals surface area contributed by atoms with Gasteiger partial charge in [0.1, 0.15) is 0 Å². The molecule has 14 heavy (non-hydrogen) atoms. The minimum absolute atomic E-state index is 0.0284. The first kappa shape index (κ1) is 9.38. The smallest absolute Gasteiger partial charge is 0.449 e. The Bertz CT molecular complexity index is 360. The van der Waals surface area contributed by atoms with Crippen molar-refractivity contribution < 1.29 is 19.4 Å². The number of hydrogen-bond acceptors (Lipinski definition) is 5. The second-order valence-corrected chi connectivity index (χ2v) is 2.88. The third kappa shape index (κ3) is 1.57. The molecule has 0 bridgehead atoms. The van der Waals surface area contributed by atoms with E-state index in [-0.39, 0.29) is 10.8 Å². The van der Waals surface area contributed by atoms with Crippen LogP contribution in [0.25, 0.3) is 0 Å². The van der Waals surface area contributed by atoms with Gasteiger partial charge < -0.3 is 14.6 Å². The van der Waals surface area contributed by atoms with Crippen LogP contribution in [-0.2, 0) is 9.47 Å². The highest BCUT2D eigenvalue weighted by molar-refractivity contribution is 6.30. The highest BCUT2D eigenvalue weighted by Gasteiger charge is 2.26. The van der Waals surface area contributed by atoms with Crippen molar-refractivity contribution in [3.8, 4) is 0 Å². The summed E-state index contributed by atoms with van der Waals surface area (Å²) in [7, 11) is 0. The first-order chi connectivity index (χ1) is 6.68. The Morgan fingerprint density at radius 1 is 1.50 bits per heavy atom. The van der Waals surface area contributed by atoms with Gasteiger partial charge in [-0.1, -0.05) is 16.4 Å². The zero-order chi connectivity index (χ0) is 10.1. The third-order valence-corrected chi connectivity index (χ3v) is 1.88. The molecule has 7 nitrogen and oxygen atoms in total. The second kappa shape index (κ2) is 3.52. The van der Waals surface area contributed by atoms with Crippen molar-refractivity contribution in [3.63, 3.8) is 0 Å². The lowest BCUT2D eigenvalue weighted by molar-refractivity contribution is -0.0474. The van der Waals surface area contributed by atoms with Gasteiger partial charge in [-0.15, -0.1) is 10.2 Å². The number of ether oxygens (including phenoxy) is 2. The first-order valence-corrected chi connectivity index (χ1v) is 4.15.